The molecule has 2 amide bonds. The minimum absolute atomic E-state index is 0.0597. The van der Waals surface area contributed by atoms with E-state index in [2.05, 4.69) is 17.5 Å². The third-order valence-electron chi connectivity index (χ3n) is 4.40. The number of rotatable bonds is 6. The van der Waals surface area contributed by atoms with Crippen molar-refractivity contribution in [3.63, 3.8) is 0 Å². The van der Waals surface area contributed by atoms with E-state index < -0.39 is 0 Å². The van der Waals surface area contributed by atoms with E-state index in [0.29, 0.717) is 5.92 Å². The smallest absolute Gasteiger partial charge is 0.317 e. The molecule has 0 saturated heterocycles. The second kappa shape index (κ2) is 8.11. The van der Waals surface area contributed by atoms with Crippen LogP contribution < -0.4 is 5.32 Å². The Kier molecular flexibility index (Phi) is 6.15. The van der Waals surface area contributed by atoms with Gasteiger partial charge in [-0.1, -0.05) is 12.2 Å². The van der Waals surface area contributed by atoms with E-state index in [0.717, 1.165) is 58.3 Å². The van der Waals surface area contributed by atoms with E-state index in [4.69, 9.17) is 4.74 Å². The second-order valence-electron chi connectivity index (χ2n) is 5.70. The molecule has 2 aliphatic rings. The van der Waals surface area contributed by atoms with Crippen LogP contribution in [-0.2, 0) is 4.74 Å². The fourth-order valence-corrected chi connectivity index (χ4v) is 3.13. The molecule has 0 fully saturated rings. The average Bonchev–Trinajstić information content (AvgIpc) is 2.53. The predicted molar refractivity (Wildman–Crippen MR) is 85.0 cm³/mol. The number of hydrogen-bond donors (Lipinski definition) is 1. The molecule has 0 aromatic carbocycles. The van der Waals surface area contributed by atoms with E-state index in [1.807, 2.05) is 18.7 Å². The van der Waals surface area contributed by atoms with Gasteiger partial charge in [-0.2, -0.15) is 0 Å². The normalized spacial score (nSPS) is 20.8. The third-order valence-corrected chi connectivity index (χ3v) is 4.40. The monoisotopic (exact) mass is 292 g/mol. The summed E-state index contributed by atoms with van der Waals surface area (Å²) in [5, 5.41) is 3.02. The summed E-state index contributed by atoms with van der Waals surface area (Å²) in [6, 6.07) is 0.0597. The molecule has 1 atom stereocenters. The lowest BCUT2D eigenvalue weighted by atomic mass is 9.85. The molecule has 0 saturated carbocycles. The number of amides is 2. The summed E-state index contributed by atoms with van der Waals surface area (Å²) < 4.78 is 5.77. The van der Waals surface area contributed by atoms with Crippen molar-refractivity contribution < 1.29 is 9.53 Å². The molecule has 4 heteroatoms. The van der Waals surface area contributed by atoms with Crippen LogP contribution in [0.5, 0.6) is 0 Å². The molecule has 0 aromatic heterocycles. The van der Waals surface area contributed by atoms with E-state index in [1.165, 1.54) is 11.3 Å². The van der Waals surface area contributed by atoms with Crippen molar-refractivity contribution in [1.82, 2.24) is 10.2 Å². The van der Waals surface area contributed by atoms with E-state index in [-0.39, 0.29) is 6.03 Å². The average molecular weight is 292 g/mol. The highest BCUT2D eigenvalue weighted by atomic mass is 16.5. The number of nitrogens with one attached hydrogen (secondary N) is 1. The lowest BCUT2D eigenvalue weighted by Gasteiger charge is -2.29. The van der Waals surface area contributed by atoms with Crippen molar-refractivity contribution in [3.05, 3.63) is 23.5 Å². The van der Waals surface area contributed by atoms with Gasteiger partial charge in [0.05, 0.1) is 12.4 Å². The van der Waals surface area contributed by atoms with Gasteiger partial charge >= 0.3 is 6.03 Å². The number of nitrogens with zero attached hydrogens (tertiary/aromatic N) is 1. The Morgan fingerprint density at radius 3 is 3.00 bits per heavy atom. The Morgan fingerprint density at radius 2 is 2.24 bits per heavy atom. The number of allylic oxidation sites excluding steroid dienone is 4. The van der Waals surface area contributed by atoms with Crippen molar-refractivity contribution in [2.45, 2.75) is 46.0 Å². The van der Waals surface area contributed by atoms with E-state index in [9.17, 15) is 4.79 Å². The van der Waals surface area contributed by atoms with E-state index >= 15 is 0 Å². The van der Waals surface area contributed by atoms with Crippen molar-refractivity contribution >= 4 is 6.03 Å². The maximum absolute atomic E-state index is 11.9. The van der Waals surface area contributed by atoms with Crippen LogP contribution in [0.4, 0.5) is 4.79 Å². The van der Waals surface area contributed by atoms with Crippen molar-refractivity contribution in [1.29, 1.82) is 0 Å². The Morgan fingerprint density at radius 1 is 1.43 bits per heavy atom. The van der Waals surface area contributed by atoms with Gasteiger partial charge in [0.25, 0.3) is 0 Å². The van der Waals surface area contributed by atoms with Crippen LogP contribution in [0.15, 0.2) is 23.5 Å². The second-order valence-corrected chi connectivity index (χ2v) is 5.70. The van der Waals surface area contributed by atoms with Gasteiger partial charge in [0.1, 0.15) is 0 Å². The van der Waals surface area contributed by atoms with Gasteiger partial charge in [-0.25, -0.2) is 4.79 Å². The van der Waals surface area contributed by atoms with Crippen molar-refractivity contribution in [3.8, 4) is 0 Å². The first-order valence-corrected chi connectivity index (χ1v) is 8.31. The largest absolute Gasteiger partial charge is 0.498 e. The molecule has 4 nitrogen and oxygen atoms in total. The Hall–Kier alpha value is -1.45. The molecular formula is C17H28N2O2. The van der Waals surface area contributed by atoms with Crippen molar-refractivity contribution in [2.75, 3.05) is 26.2 Å². The van der Waals surface area contributed by atoms with Gasteiger partial charge < -0.3 is 15.0 Å². The summed E-state index contributed by atoms with van der Waals surface area (Å²) in [4.78, 5) is 13.7. The van der Waals surface area contributed by atoms with Crippen LogP contribution in [-0.4, -0.2) is 37.2 Å². The number of ether oxygens (including phenoxy) is 1. The summed E-state index contributed by atoms with van der Waals surface area (Å²) in [6.07, 6.45) is 9.92. The molecule has 0 aromatic rings. The Bertz CT molecular complexity index is 411. The maximum Gasteiger partial charge on any atom is 0.317 e. The molecule has 21 heavy (non-hydrogen) atoms. The zero-order valence-corrected chi connectivity index (χ0v) is 13.4. The molecule has 1 aliphatic heterocycles. The first-order valence-electron chi connectivity index (χ1n) is 8.31. The van der Waals surface area contributed by atoms with Gasteiger partial charge in [0.15, 0.2) is 0 Å². The summed E-state index contributed by atoms with van der Waals surface area (Å²) in [6.45, 7) is 7.16. The highest BCUT2D eigenvalue weighted by Gasteiger charge is 2.23. The molecule has 1 unspecified atom stereocenters. The highest BCUT2D eigenvalue weighted by molar-refractivity contribution is 5.73. The summed E-state index contributed by atoms with van der Waals surface area (Å²) in [5.74, 6) is 1.82. The molecule has 0 radical (unpaired) electrons. The quantitative estimate of drug-likeness (QED) is 0.762. The first kappa shape index (κ1) is 15.9. The zero-order valence-electron chi connectivity index (χ0n) is 13.4. The molecule has 1 aliphatic carbocycles. The minimum Gasteiger partial charge on any atom is -0.498 e. The lowest BCUT2D eigenvalue weighted by Crippen LogP contribution is -2.40. The number of carbonyl (C=O) groups is 1. The Labute approximate surface area is 128 Å². The molecule has 1 N–H and O–H groups in total. The van der Waals surface area contributed by atoms with Crippen LogP contribution >= 0.6 is 0 Å². The van der Waals surface area contributed by atoms with Crippen LogP contribution in [0.2, 0.25) is 0 Å². The number of carbonyl (C=O) groups excluding carboxylic acids is 1. The van der Waals surface area contributed by atoms with Crippen molar-refractivity contribution in [2.24, 2.45) is 5.92 Å². The van der Waals surface area contributed by atoms with Crippen LogP contribution in [0, 0.1) is 5.92 Å². The standard InChI is InChI=1S/C17H28N2O2/c1-3-19(4-2)17(20)18-12-7-8-14-11-13-21-16-10-6-5-9-15(14)16/h5,9,14H,3-4,6-8,10-13H2,1-2H3,(H,18,20). The molecule has 1 heterocycles. The first-order chi connectivity index (χ1) is 10.3. The summed E-state index contributed by atoms with van der Waals surface area (Å²) >= 11 is 0. The summed E-state index contributed by atoms with van der Waals surface area (Å²) in [7, 11) is 0. The molecule has 0 spiro atoms. The highest BCUT2D eigenvalue weighted by Crippen LogP contribution is 2.34. The topological polar surface area (TPSA) is 41.6 Å². The Balaban J connectivity index is 1.73. The number of hydrogen-bond acceptors (Lipinski definition) is 2. The molecule has 118 valence electrons. The molecule has 0 bridgehead atoms. The minimum atomic E-state index is 0.0597. The van der Waals surface area contributed by atoms with Gasteiger partial charge in [-0.05, 0) is 51.0 Å². The summed E-state index contributed by atoms with van der Waals surface area (Å²) in [5.41, 5.74) is 1.41. The molecule has 2 rings (SSSR count). The molecular weight excluding hydrogens is 264 g/mol. The SMILES string of the molecule is CCN(CC)C(=O)NCCCC1CCOC2=C1C=CCC2. The lowest BCUT2D eigenvalue weighted by molar-refractivity contribution is 0.154. The van der Waals surface area contributed by atoms with Crippen LogP contribution in [0.1, 0.15) is 46.0 Å². The zero-order chi connectivity index (χ0) is 15.1. The van der Waals surface area contributed by atoms with Gasteiger partial charge in [-0.15, -0.1) is 0 Å². The fourth-order valence-electron chi connectivity index (χ4n) is 3.13. The third kappa shape index (κ3) is 4.26. The van der Waals surface area contributed by atoms with E-state index in [1.54, 1.807) is 0 Å². The van der Waals surface area contributed by atoms with Crippen LogP contribution in [0.3, 0.4) is 0 Å². The maximum atomic E-state index is 11.9. The predicted octanol–water partition coefficient (Wildman–Crippen LogP) is 3.46. The van der Waals surface area contributed by atoms with Gasteiger partial charge in [-0.3, -0.25) is 0 Å². The van der Waals surface area contributed by atoms with Gasteiger partial charge in [0, 0.05) is 26.1 Å². The van der Waals surface area contributed by atoms with Crippen LogP contribution in [0.25, 0.3) is 0 Å². The van der Waals surface area contributed by atoms with Gasteiger partial charge in [0.2, 0.25) is 0 Å². The number of urea groups is 1. The fraction of sp³-hybridized carbons (Fsp3) is 0.706.